The van der Waals surface area contributed by atoms with E-state index in [2.05, 4.69) is 25.0 Å². The quantitative estimate of drug-likeness (QED) is 0.230. The summed E-state index contributed by atoms with van der Waals surface area (Å²) in [5.74, 6) is -2.71. The molecule has 2 aliphatic rings. The first kappa shape index (κ1) is 26.8. The molecule has 3 N–H and O–H groups in total. The molecule has 7 rings (SSSR count). The maximum atomic E-state index is 15.8. The van der Waals surface area contributed by atoms with Crippen LogP contribution in [0, 0.1) is 0 Å². The van der Waals surface area contributed by atoms with E-state index in [0.717, 1.165) is 35.9 Å². The van der Waals surface area contributed by atoms with Crippen LogP contribution in [-0.4, -0.2) is 57.0 Å². The van der Waals surface area contributed by atoms with E-state index >= 15 is 8.78 Å². The molecular weight excluding hydrogens is 554 g/mol. The van der Waals surface area contributed by atoms with Crippen LogP contribution in [-0.2, 0) is 15.5 Å². The monoisotopic (exact) mass is 582 g/mol. The van der Waals surface area contributed by atoms with Crippen LogP contribution in [0.4, 0.5) is 13.6 Å². The minimum Gasteiger partial charge on any atom is -0.453 e. The molecule has 0 bridgehead atoms. The van der Waals surface area contributed by atoms with Crippen LogP contribution in [0.3, 0.4) is 0 Å². The topological polar surface area (TPSA) is 116 Å². The lowest BCUT2D eigenvalue weighted by Crippen LogP contribution is -2.44. The summed E-state index contributed by atoms with van der Waals surface area (Å²) >= 11 is 0. The fourth-order valence-electron chi connectivity index (χ4n) is 6.19. The van der Waals surface area contributed by atoms with E-state index in [1.54, 1.807) is 29.3 Å². The Morgan fingerprint density at radius 2 is 1.74 bits per heavy atom. The molecule has 11 heteroatoms. The number of alkyl carbamates (subject to hydrolysis) is 1. The number of aromatic amines is 2. The molecule has 43 heavy (non-hydrogen) atoms. The van der Waals surface area contributed by atoms with Gasteiger partial charge in [-0.1, -0.05) is 30.3 Å². The summed E-state index contributed by atoms with van der Waals surface area (Å²) in [4.78, 5) is 41.2. The van der Waals surface area contributed by atoms with Crippen molar-refractivity contribution < 1.29 is 23.1 Å². The van der Waals surface area contributed by atoms with Gasteiger partial charge in [0.2, 0.25) is 5.91 Å². The first-order valence-electron chi connectivity index (χ1n) is 14.1. The number of amides is 2. The Morgan fingerprint density at radius 1 is 1.02 bits per heavy atom. The predicted molar refractivity (Wildman–Crippen MR) is 156 cm³/mol. The average Bonchev–Trinajstić information content (AvgIpc) is 3.77. The average molecular weight is 583 g/mol. The van der Waals surface area contributed by atoms with Crippen molar-refractivity contribution in [1.29, 1.82) is 0 Å². The number of benzene rings is 3. The predicted octanol–water partition coefficient (Wildman–Crippen LogP) is 6.15. The van der Waals surface area contributed by atoms with Crippen LogP contribution >= 0.6 is 0 Å². The third-order valence-corrected chi connectivity index (χ3v) is 8.36. The Kier molecular flexibility index (Phi) is 6.45. The van der Waals surface area contributed by atoms with Gasteiger partial charge in [0.05, 0.1) is 42.4 Å². The molecule has 1 atom stereocenters. The maximum absolute atomic E-state index is 15.8. The van der Waals surface area contributed by atoms with Crippen molar-refractivity contribution >= 4 is 23.0 Å². The number of halogens is 2. The number of nitrogens with one attached hydrogen (secondary N) is 3. The molecule has 0 saturated carbocycles. The number of fused-ring (bicyclic) bond motifs is 4. The fraction of sp³-hybridized carbons (Fsp3) is 0.250. The molecule has 218 valence electrons. The molecule has 1 saturated heterocycles. The van der Waals surface area contributed by atoms with Gasteiger partial charge >= 0.3 is 6.09 Å². The first-order valence-corrected chi connectivity index (χ1v) is 14.1. The Hall–Kier alpha value is -5.06. The van der Waals surface area contributed by atoms with Gasteiger partial charge in [0.1, 0.15) is 12.4 Å². The van der Waals surface area contributed by atoms with Gasteiger partial charge in [-0.15, -0.1) is 0 Å². The lowest BCUT2D eigenvalue weighted by atomic mass is 9.98. The van der Waals surface area contributed by atoms with Gasteiger partial charge in [-0.2, -0.15) is 8.78 Å². The van der Waals surface area contributed by atoms with Crippen LogP contribution in [0.15, 0.2) is 67.1 Å². The van der Waals surface area contributed by atoms with Crippen molar-refractivity contribution in [2.75, 3.05) is 20.2 Å². The summed E-state index contributed by atoms with van der Waals surface area (Å²) in [5, 5.41) is 2.45. The number of carbonyl (C=O) groups excluding carboxylic acids is 2. The Bertz CT molecular complexity index is 1870. The summed E-state index contributed by atoms with van der Waals surface area (Å²) in [6.07, 6.45) is 5.02. The van der Waals surface area contributed by atoms with E-state index in [-0.39, 0.29) is 29.6 Å². The molecule has 1 unspecified atom stereocenters. The van der Waals surface area contributed by atoms with Crippen LogP contribution in [0.5, 0.6) is 0 Å². The van der Waals surface area contributed by atoms with Crippen LogP contribution in [0.2, 0.25) is 0 Å². The molecule has 0 radical (unpaired) electrons. The van der Waals surface area contributed by atoms with E-state index in [9.17, 15) is 9.59 Å². The number of piperidine rings is 1. The Balaban J connectivity index is 1.18. The lowest BCUT2D eigenvalue weighted by Gasteiger charge is -2.34. The van der Waals surface area contributed by atoms with Crippen molar-refractivity contribution in [2.45, 2.75) is 31.2 Å². The van der Waals surface area contributed by atoms with Gasteiger partial charge in [-0.25, -0.2) is 14.8 Å². The smallest absolute Gasteiger partial charge is 0.407 e. The number of imidazole rings is 2. The van der Waals surface area contributed by atoms with Crippen molar-refractivity contribution in [3.63, 3.8) is 0 Å². The van der Waals surface area contributed by atoms with E-state index in [4.69, 9.17) is 4.98 Å². The molecule has 2 aromatic heterocycles. The van der Waals surface area contributed by atoms with Crippen LogP contribution < -0.4 is 5.32 Å². The molecule has 1 aliphatic carbocycles. The number of methoxy groups -OCH3 is 1. The van der Waals surface area contributed by atoms with E-state index in [1.165, 1.54) is 19.5 Å². The zero-order valence-corrected chi connectivity index (χ0v) is 23.3. The molecular formula is C32H28F2N6O3. The third kappa shape index (κ3) is 4.61. The standard InChI is InChI=1S/C32H28F2N6O3/c1-43-31(42)36-16-29(41)40-11-3-2-4-28(40)30-38-25-10-7-19(14-26(25)39-30)18-5-8-21-22-9-6-20(27-15-35-17-37-27)13-24(22)32(33,34)23(21)12-18/h5-10,12-15,17,28H,2-4,11,16H2,1H3,(H,35,37)(H,36,42)(H,38,39). The SMILES string of the molecule is COC(=O)NCC(=O)N1CCCCC1c1nc2ccc(-c3ccc4c(c3)C(F)(F)c3cc(-c5cnc[nH]5)ccc3-4)cc2[nH]1. The van der Waals surface area contributed by atoms with E-state index < -0.39 is 12.0 Å². The van der Waals surface area contributed by atoms with Gasteiger partial charge in [0, 0.05) is 23.2 Å². The number of rotatable bonds is 5. The molecule has 5 aromatic rings. The minimum absolute atomic E-state index is 0.0196. The highest BCUT2D eigenvalue weighted by atomic mass is 19.3. The number of likely N-dealkylation sites (tertiary alicyclic amines) is 1. The summed E-state index contributed by atoms with van der Waals surface area (Å²) in [7, 11) is 1.25. The largest absolute Gasteiger partial charge is 0.453 e. The zero-order chi connectivity index (χ0) is 29.7. The molecule has 2 amide bonds. The summed E-state index contributed by atoms with van der Waals surface area (Å²) in [5.41, 5.74) is 5.25. The molecule has 0 spiro atoms. The third-order valence-electron chi connectivity index (χ3n) is 8.36. The van der Waals surface area contributed by atoms with Gasteiger partial charge in [0.15, 0.2) is 0 Å². The van der Waals surface area contributed by atoms with Crippen LogP contribution in [0.1, 0.15) is 42.3 Å². The molecule has 9 nitrogen and oxygen atoms in total. The number of hydrogen-bond acceptors (Lipinski definition) is 5. The Morgan fingerprint density at radius 3 is 2.49 bits per heavy atom. The molecule has 3 aromatic carbocycles. The second kappa shape index (κ2) is 10.3. The summed E-state index contributed by atoms with van der Waals surface area (Å²) < 4.78 is 36.2. The minimum atomic E-state index is -3.15. The van der Waals surface area contributed by atoms with Gasteiger partial charge in [0.25, 0.3) is 5.92 Å². The van der Waals surface area contributed by atoms with Crippen molar-refractivity contribution in [3.05, 3.63) is 84.1 Å². The second-order valence-corrected chi connectivity index (χ2v) is 10.9. The second-order valence-electron chi connectivity index (χ2n) is 10.9. The van der Waals surface area contributed by atoms with Crippen molar-refractivity contribution in [2.24, 2.45) is 0 Å². The van der Waals surface area contributed by atoms with Gasteiger partial charge in [-0.3, -0.25) is 4.79 Å². The summed E-state index contributed by atoms with van der Waals surface area (Å²) in [6.45, 7) is 0.397. The first-order chi connectivity index (χ1) is 20.8. The maximum Gasteiger partial charge on any atom is 0.407 e. The van der Waals surface area contributed by atoms with Crippen LogP contribution in [0.25, 0.3) is 44.5 Å². The van der Waals surface area contributed by atoms with Crippen molar-refractivity contribution in [3.8, 4) is 33.5 Å². The Labute approximate surface area is 245 Å². The highest BCUT2D eigenvalue weighted by molar-refractivity contribution is 5.87. The van der Waals surface area contributed by atoms with E-state index in [1.807, 2.05) is 30.3 Å². The number of ether oxygens (including phenoxy) is 1. The lowest BCUT2D eigenvalue weighted by molar-refractivity contribution is -0.134. The molecule has 1 fully saturated rings. The number of H-pyrrole nitrogens is 2. The number of carbonyl (C=O) groups is 2. The van der Waals surface area contributed by atoms with Crippen molar-refractivity contribution in [1.82, 2.24) is 30.2 Å². The molecule has 3 heterocycles. The number of alkyl halides is 2. The van der Waals surface area contributed by atoms with Gasteiger partial charge < -0.3 is 24.9 Å². The summed E-state index contributed by atoms with van der Waals surface area (Å²) in [6, 6.07) is 15.7. The fourth-order valence-corrected chi connectivity index (χ4v) is 6.19. The van der Waals surface area contributed by atoms with Gasteiger partial charge in [-0.05, 0) is 65.8 Å². The number of nitrogens with zero attached hydrogens (tertiary/aromatic N) is 3. The highest BCUT2D eigenvalue weighted by Gasteiger charge is 2.44. The molecule has 1 aliphatic heterocycles. The normalized spacial score (nSPS) is 17.0. The number of aromatic nitrogens is 4. The van der Waals surface area contributed by atoms with E-state index in [0.29, 0.717) is 40.3 Å². The number of hydrogen-bond donors (Lipinski definition) is 3. The highest BCUT2D eigenvalue weighted by Crippen LogP contribution is 2.52. The zero-order valence-electron chi connectivity index (χ0n) is 23.3.